The molecule has 15 heavy (non-hydrogen) atoms. The third-order valence-electron chi connectivity index (χ3n) is 1.81. The number of hydrogen-bond donors (Lipinski definition) is 1. The van der Waals surface area contributed by atoms with Crippen molar-refractivity contribution >= 4 is 27.0 Å². The molecule has 0 fully saturated rings. The van der Waals surface area contributed by atoms with Gasteiger partial charge in [-0.1, -0.05) is 0 Å². The molecule has 0 atom stereocenters. The maximum atomic E-state index is 13.3. The molecule has 1 aromatic carbocycles. The molecular formula is C8H3BrF4N2. The summed E-state index contributed by atoms with van der Waals surface area (Å²) in [6.07, 6.45) is -4.60. The van der Waals surface area contributed by atoms with Gasteiger partial charge < -0.3 is 4.98 Å². The summed E-state index contributed by atoms with van der Waals surface area (Å²) in [6, 6.07) is 2.64. The second kappa shape index (κ2) is 3.19. The van der Waals surface area contributed by atoms with Crippen LogP contribution in [0.4, 0.5) is 17.6 Å². The standard InChI is InChI=1S/C8H3BrF4N2/c9-3-1-2-4-6(5(3)10)15-7(14-4)8(11,12)13/h1-2H,(H,14,15). The highest BCUT2D eigenvalue weighted by atomic mass is 79.9. The molecule has 7 heteroatoms. The second-order valence-electron chi connectivity index (χ2n) is 2.84. The SMILES string of the molecule is Fc1c(Br)ccc2[nH]c(C(F)(F)F)nc12. The molecule has 1 aromatic heterocycles. The van der Waals surface area contributed by atoms with Gasteiger partial charge in [0, 0.05) is 0 Å². The highest BCUT2D eigenvalue weighted by Crippen LogP contribution is 2.30. The van der Waals surface area contributed by atoms with Crippen LogP contribution in [0.15, 0.2) is 16.6 Å². The number of halogens is 5. The number of nitrogens with zero attached hydrogens (tertiary/aromatic N) is 1. The molecule has 0 radical (unpaired) electrons. The van der Waals surface area contributed by atoms with E-state index in [1.807, 2.05) is 4.98 Å². The first-order valence-corrected chi connectivity index (χ1v) is 4.60. The molecule has 0 unspecified atom stereocenters. The van der Waals surface area contributed by atoms with Gasteiger partial charge in [-0.2, -0.15) is 13.2 Å². The van der Waals surface area contributed by atoms with Crippen molar-refractivity contribution in [3.63, 3.8) is 0 Å². The largest absolute Gasteiger partial charge is 0.449 e. The maximum Gasteiger partial charge on any atom is 0.449 e. The average Bonchev–Trinajstić information content (AvgIpc) is 2.55. The number of aromatic amines is 1. The van der Waals surface area contributed by atoms with Crippen molar-refractivity contribution in [3.8, 4) is 0 Å². The van der Waals surface area contributed by atoms with Crippen LogP contribution in [0.1, 0.15) is 5.82 Å². The lowest BCUT2D eigenvalue weighted by Gasteiger charge is -1.98. The van der Waals surface area contributed by atoms with Gasteiger partial charge in [0.25, 0.3) is 0 Å². The Labute approximate surface area is 89.4 Å². The van der Waals surface area contributed by atoms with Crippen LogP contribution in [0.2, 0.25) is 0 Å². The smallest absolute Gasteiger partial charge is 0.334 e. The van der Waals surface area contributed by atoms with Crippen LogP contribution in [0, 0.1) is 5.82 Å². The first kappa shape index (κ1) is 10.4. The van der Waals surface area contributed by atoms with Gasteiger partial charge >= 0.3 is 6.18 Å². The van der Waals surface area contributed by atoms with Crippen molar-refractivity contribution < 1.29 is 17.6 Å². The molecule has 0 spiro atoms. The predicted molar refractivity (Wildman–Crippen MR) is 48.8 cm³/mol. The molecule has 0 aliphatic heterocycles. The summed E-state index contributed by atoms with van der Waals surface area (Å²) in [5.41, 5.74) is -0.306. The lowest BCUT2D eigenvalue weighted by molar-refractivity contribution is -0.144. The van der Waals surface area contributed by atoms with E-state index in [-0.39, 0.29) is 15.5 Å². The van der Waals surface area contributed by atoms with Crippen LogP contribution in [0.25, 0.3) is 11.0 Å². The van der Waals surface area contributed by atoms with Crippen LogP contribution < -0.4 is 0 Å². The minimum atomic E-state index is -4.60. The van der Waals surface area contributed by atoms with E-state index in [2.05, 4.69) is 20.9 Å². The first-order chi connectivity index (χ1) is 6.89. The van der Waals surface area contributed by atoms with E-state index < -0.39 is 17.8 Å². The quantitative estimate of drug-likeness (QED) is 0.737. The Kier molecular flexibility index (Phi) is 2.22. The zero-order valence-electron chi connectivity index (χ0n) is 6.99. The van der Waals surface area contributed by atoms with Crippen LogP contribution >= 0.6 is 15.9 Å². The number of rotatable bonds is 0. The van der Waals surface area contributed by atoms with Gasteiger partial charge in [-0.25, -0.2) is 9.37 Å². The molecule has 0 saturated carbocycles. The normalized spacial score (nSPS) is 12.3. The molecule has 2 nitrogen and oxygen atoms in total. The van der Waals surface area contributed by atoms with E-state index in [0.717, 1.165) is 0 Å². The lowest BCUT2D eigenvalue weighted by atomic mass is 10.3. The second-order valence-corrected chi connectivity index (χ2v) is 3.70. The molecule has 2 aromatic rings. The third kappa shape index (κ3) is 1.71. The minimum Gasteiger partial charge on any atom is -0.334 e. The summed E-state index contributed by atoms with van der Waals surface area (Å²) in [4.78, 5) is 5.17. The van der Waals surface area contributed by atoms with Gasteiger partial charge in [-0.3, -0.25) is 0 Å². The number of fused-ring (bicyclic) bond motifs is 1. The van der Waals surface area contributed by atoms with E-state index >= 15 is 0 Å². The number of benzene rings is 1. The summed E-state index contributed by atoms with van der Waals surface area (Å²) >= 11 is 2.87. The lowest BCUT2D eigenvalue weighted by Crippen LogP contribution is -2.06. The fraction of sp³-hybridized carbons (Fsp3) is 0.125. The number of nitrogens with one attached hydrogen (secondary N) is 1. The molecule has 80 valence electrons. The van der Waals surface area contributed by atoms with Crippen molar-refractivity contribution in [1.82, 2.24) is 9.97 Å². The van der Waals surface area contributed by atoms with Crippen LogP contribution in [-0.2, 0) is 6.18 Å². The average molecular weight is 283 g/mol. The van der Waals surface area contributed by atoms with Crippen LogP contribution in [0.5, 0.6) is 0 Å². The van der Waals surface area contributed by atoms with E-state index in [9.17, 15) is 17.6 Å². The van der Waals surface area contributed by atoms with Crippen molar-refractivity contribution in [2.24, 2.45) is 0 Å². The fourth-order valence-electron chi connectivity index (χ4n) is 1.15. The summed E-state index contributed by atoms with van der Waals surface area (Å²) < 4.78 is 50.1. The van der Waals surface area contributed by atoms with Gasteiger partial charge in [0.05, 0.1) is 9.99 Å². The molecule has 2 rings (SSSR count). The van der Waals surface area contributed by atoms with Crippen molar-refractivity contribution in [2.45, 2.75) is 6.18 Å². The molecule has 0 aliphatic carbocycles. The van der Waals surface area contributed by atoms with Gasteiger partial charge in [-0.15, -0.1) is 0 Å². The van der Waals surface area contributed by atoms with Crippen molar-refractivity contribution in [1.29, 1.82) is 0 Å². The zero-order valence-corrected chi connectivity index (χ0v) is 8.58. The van der Waals surface area contributed by atoms with Gasteiger partial charge in [0.2, 0.25) is 5.82 Å². The molecule has 0 bridgehead atoms. The fourth-order valence-corrected chi connectivity index (χ4v) is 1.47. The Balaban J connectivity index is 2.72. The zero-order chi connectivity index (χ0) is 11.2. The molecule has 1 heterocycles. The number of H-pyrrole nitrogens is 1. The topological polar surface area (TPSA) is 28.7 Å². The van der Waals surface area contributed by atoms with Gasteiger partial charge in [0.1, 0.15) is 5.52 Å². The summed E-state index contributed by atoms with van der Waals surface area (Å²) in [5.74, 6) is -2.01. The summed E-state index contributed by atoms with van der Waals surface area (Å²) in [6.45, 7) is 0. The van der Waals surface area contributed by atoms with E-state index in [0.29, 0.717) is 0 Å². The van der Waals surface area contributed by atoms with Crippen LogP contribution in [0.3, 0.4) is 0 Å². The van der Waals surface area contributed by atoms with Crippen molar-refractivity contribution in [3.05, 3.63) is 28.2 Å². The first-order valence-electron chi connectivity index (χ1n) is 3.80. The Morgan fingerprint density at radius 1 is 1.27 bits per heavy atom. The van der Waals surface area contributed by atoms with E-state index in [1.165, 1.54) is 12.1 Å². The molecule has 0 aliphatic rings. The Morgan fingerprint density at radius 2 is 1.93 bits per heavy atom. The summed E-state index contributed by atoms with van der Waals surface area (Å²) in [5, 5.41) is 0. The molecular weight excluding hydrogens is 280 g/mol. The number of hydrogen-bond acceptors (Lipinski definition) is 1. The van der Waals surface area contributed by atoms with Gasteiger partial charge in [0.15, 0.2) is 5.82 Å². The molecule has 0 saturated heterocycles. The monoisotopic (exact) mass is 282 g/mol. The van der Waals surface area contributed by atoms with E-state index in [1.54, 1.807) is 0 Å². The molecule has 1 N–H and O–H groups in total. The highest BCUT2D eigenvalue weighted by molar-refractivity contribution is 9.10. The number of alkyl halides is 3. The highest BCUT2D eigenvalue weighted by Gasteiger charge is 2.35. The number of aromatic nitrogens is 2. The third-order valence-corrected chi connectivity index (χ3v) is 2.43. The minimum absolute atomic E-state index is 0.0167. The predicted octanol–water partition coefficient (Wildman–Crippen LogP) is 3.48. The van der Waals surface area contributed by atoms with Gasteiger partial charge in [-0.05, 0) is 28.1 Å². The summed E-state index contributed by atoms with van der Waals surface area (Å²) in [7, 11) is 0. The van der Waals surface area contributed by atoms with Crippen molar-refractivity contribution in [2.75, 3.05) is 0 Å². The maximum absolute atomic E-state index is 13.3. The Hall–Kier alpha value is -1.11. The van der Waals surface area contributed by atoms with E-state index in [4.69, 9.17) is 0 Å². The Morgan fingerprint density at radius 3 is 2.53 bits per heavy atom. The Bertz CT molecular complexity index is 517. The van der Waals surface area contributed by atoms with Crippen LogP contribution in [-0.4, -0.2) is 9.97 Å². The number of imidazole rings is 1. The molecule has 0 amide bonds.